The second kappa shape index (κ2) is 7.21. The molecule has 6 nitrogen and oxygen atoms in total. The second-order valence-electron chi connectivity index (χ2n) is 7.86. The predicted molar refractivity (Wildman–Crippen MR) is 111 cm³/mol. The van der Waals surface area contributed by atoms with Gasteiger partial charge in [-0.1, -0.05) is 12.1 Å². The molecule has 1 aromatic carbocycles. The first-order valence-corrected chi connectivity index (χ1v) is 11.2. The number of hydrogen-bond acceptors (Lipinski definition) is 5. The van der Waals surface area contributed by atoms with Gasteiger partial charge in [-0.2, -0.15) is 0 Å². The summed E-state index contributed by atoms with van der Waals surface area (Å²) >= 11 is 0. The Morgan fingerprint density at radius 2 is 1.83 bits per heavy atom. The number of halogens is 1. The highest BCUT2D eigenvalue weighted by Gasteiger charge is 2.37. The van der Waals surface area contributed by atoms with Crippen LogP contribution in [0.4, 0.5) is 10.1 Å². The van der Waals surface area contributed by atoms with E-state index in [4.69, 9.17) is 4.74 Å². The van der Waals surface area contributed by atoms with Crippen molar-refractivity contribution in [3.8, 4) is 11.3 Å². The molecule has 155 valence electrons. The van der Waals surface area contributed by atoms with Crippen LogP contribution in [-0.2, 0) is 14.8 Å². The largest absolute Gasteiger partial charge is 0.381 e. The molecule has 30 heavy (non-hydrogen) atoms. The molecule has 1 radical (unpaired) electrons. The van der Waals surface area contributed by atoms with Crippen LogP contribution in [0.1, 0.15) is 5.56 Å². The molecule has 0 spiro atoms. The minimum absolute atomic E-state index is 0.0569. The van der Waals surface area contributed by atoms with E-state index in [0.717, 1.165) is 36.0 Å². The fourth-order valence-corrected chi connectivity index (χ4v) is 5.67. The van der Waals surface area contributed by atoms with Crippen molar-refractivity contribution in [1.82, 2.24) is 8.96 Å². The van der Waals surface area contributed by atoms with E-state index >= 15 is 0 Å². The Morgan fingerprint density at radius 3 is 2.57 bits per heavy atom. The van der Waals surface area contributed by atoms with E-state index in [0.29, 0.717) is 17.4 Å². The lowest BCUT2D eigenvalue weighted by atomic mass is 10.0. The van der Waals surface area contributed by atoms with E-state index in [1.807, 2.05) is 0 Å². The Morgan fingerprint density at radius 1 is 1.10 bits per heavy atom. The molecule has 8 heteroatoms. The molecule has 2 aromatic heterocycles. The summed E-state index contributed by atoms with van der Waals surface area (Å²) in [5.74, 6) is 0.442. The topological polar surface area (TPSA) is 64.4 Å². The number of pyridine rings is 1. The molecular formula is C22H21FN3O3S. The van der Waals surface area contributed by atoms with Gasteiger partial charge < -0.3 is 9.64 Å². The average Bonchev–Trinajstić information content (AvgIpc) is 3.43. The quantitative estimate of drug-likeness (QED) is 0.641. The first-order valence-electron chi connectivity index (χ1n) is 9.76. The summed E-state index contributed by atoms with van der Waals surface area (Å²) in [6, 6.07) is 9.29. The van der Waals surface area contributed by atoms with Crippen molar-refractivity contribution in [3.63, 3.8) is 0 Å². The number of ether oxygens (including phenoxy) is 1. The summed E-state index contributed by atoms with van der Waals surface area (Å²) in [6.45, 7) is 6.97. The molecule has 0 saturated carbocycles. The molecule has 0 bridgehead atoms. The van der Waals surface area contributed by atoms with Gasteiger partial charge in [0.15, 0.2) is 0 Å². The van der Waals surface area contributed by atoms with Gasteiger partial charge in [-0.25, -0.2) is 16.8 Å². The molecule has 2 unspecified atom stereocenters. The average molecular weight is 426 g/mol. The lowest BCUT2D eigenvalue weighted by Gasteiger charge is -2.20. The Kier molecular flexibility index (Phi) is 4.63. The molecule has 5 rings (SSSR count). The van der Waals surface area contributed by atoms with Crippen molar-refractivity contribution in [3.05, 3.63) is 73.3 Å². The van der Waals surface area contributed by atoms with Gasteiger partial charge in [0.25, 0.3) is 10.0 Å². The molecule has 2 aliphatic heterocycles. The van der Waals surface area contributed by atoms with Gasteiger partial charge in [0.2, 0.25) is 0 Å². The summed E-state index contributed by atoms with van der Waals surface area (Å²) in [5.41, 5.74) is 1.68. The van der Waals surface area contributed by atoms with Gasteiger partial charge in [0, 0.05) is 42.9 Å². The fourth-order valence-electron chi connectivity index (χ4n) is 4.29. The molecule has 0 N–H and O–H groups in total. The van der Waals surface area contributed by atoms with Crippen LogP contribution < -0.4 is 4.90 Å². The molecule has 2 aliphatic rings. The Hall–Kier alpha value is -2.71. The van der Waals surface area contributed by atoms with Crippen molar-refractivity contribution in [2.75, 3.05) is 31.2 Å². The highest BCUT2D eigenvalue weighted by atomic mass is 32.2. The van der Waals surface area contributed by atoms with Gasteiger partial charge in [-0.15, -0.1) is 0 Å². The maximum atomic E-state index is 14.4. The van der Waals surface area contributed by atoms with Crippen molar-refractivity contribution < 1.29 is 17.5 Å². The van der Waals surface area contributed by atoms with Crippen LogP contribution in [0.25, 0.3) is 11.3 Å². The van der Waals surface area contributed by atoms with Crippen LogP contribution in [-0.4, -0.2) is 43.7 Å². The van der Waals surface area contributed by atoms with Crippen LogP contribution in [0.2, 0.25) is 0 Å². The Balaban J connectivity index is 1.53. The van der Waals surface area contributed by atoms with Crippen LogP contribution in [0.15, 0.2) is 59.9 Å². The van der Waals surface area contributed by atoms with E-state index < -0.39 is 15.8 Å². The zero-order valence-corrected chi connectivity index (χ0v) is 17.1. The molecule has 0 amide bonds. The third-order valence-electron chi connectivity index (χ3n) is 5.85. The van der Waals surface area contributed by atoms with Gasteiger partial charge in [0.1, 0.15) is 10.7 Å². The number of nitrogens with zero attached hydrogens (tertiary/aromatic N) is 3. The smallest absolute Gasteiger partial charge is 0.269 e. The lowest BCUT2D eigenvalue weighted by Crippen LogP contribution is -2.23. The standard InChI is InChI=1S/C22H21FN3O3S/c1-15-6-22(20-4-2-3-5-21(20)23)26(10-15)30(27,28)19-7-18(8-24-9-19)25-11-16-13-29-14-17(16)12-25/h2-10,16-17H,1,11-14H2. The van der Waals surface area contributed by atoms with E-state index in [-0.39, 0.29) is 16.2 Å². The lowest BCUT2D eigenvalue weighted by molar-refractivity contribution is 0.177. The maximum absolute atomic E-state index is 14.4. The molecule has 3 aromatic rings. The minimum Gasteiger partial charge on any atom is -0.381 e. The van der Waals surface area contributed by atoms with Gasteiger partial charge in [-0.3, -0.25) is 4.98 Å². The molecule has 4 heterocycles. The summed E-state index contributed by atoms with van der Waals surface area (Å²) in [6.07, 6.45) is 4.41. The summed E-state index contributed by atoms with van der Waals surface area (Å²) in [4.78, 5) is 6.40. The second-order valence-corrected chi connectivity index (χ2v) is 9.67. The van der Waals surface area contributed by atoms with E-state index in [2.05, 4.69) is 16.8 Å². The summed E-state index contributed by atoms with van der Waals surface area (Å²) < 4.78 is 47.9. The van der Waals surface area contributed by atoms with Crippen molar-refractivity contribution >= 4 is 15.7 Å². The zero-order chi connectivity index (χ0) is 20.9. The first-order chi connectivity index (χ1) is 14.4. The maximum Gasteiger partial charge on any atom is 0.269 e. The minimum atomic E-state index is -3.99. The van der Waals surface area contributed by atoms with Gasteiger partial charge in [0.05, 0.1) is 30.8 Å². The van der Waals surface area contributed by atoms with Crippen LogP contribution >= 0.6 is 0 Å². The number of rotatable bonds is 4. The molecular weight excluding hydrogens is 405 g/mol. The highest BCUT2D eigenvalue weighted by molar-refractivity contribution is 7.90. The normalized spacial score (nSPS) is 21.2. The number of anilines is 1. The third kappa shape index (κ3) is 3.20. The molecule has 2 saturated heterocycles. The Bertz CT molecular complexity index is 1200. The molecule has 2 atom stereocenters. The molecule has 0 aliphatic carbocycles. The van der Waals surface area contributed by atoms with Crippen LogP contribution in [0.3, 0.4) is 0 Å². The van der Waals surface area contributed by atoms with Crippen molar-refractivity contribution in [2.24, 2.45) is 11.8 Å². The monoisotopic (exact) mass is 426 g/mol. The first kappa shape index (κ1) is 19.3. The third-order valence-corrected chi connectivity index (χ3v) is 7.49. The van der Waals surface area contributed by atoms with Crippen molar-refractivity contribution in [2.45, 2.75) is 4.90 Å². The van der Waals surface area contributed by atoms with Crippen LogP contribution in [0.5, 0.6) is 0 Å². The SMILES string of the molecule is [CH2]c1cc(-c2ccccc2F)n(S(=O)(=O)c2cncc(N3CC4COCC4C3)c2)c1. The molecule has 2 fully saturated rings. The van der Waals surface area contributed by atoms with Gasteiger partial charge in [-0.05, 0) is 36.8 Å². The number of hydrogen-bond donors (Lipinski definition) is 0. The van der Waals surface area contributed by atoms with E-state index in [1.54, 1.807) is 36.5 Å². The van der Waals surface area contributed by atoms with E-state index in [1.165, 1.54) is 18.5 Å². The number of benzene rings is 1. The number of fused-ring (bicyclic) bond motifs is 1. The predicted octanol–water partition coefficient (Wildman–Crippen LogP) is 3.19. The van der Waals surface area contributed by atoms with Crippen LogP contribution in [0, 0.1) is 24.6 Å². The Labute approximate surface area is 175 Å². The van der Waals surface area contributed by atoms with Gasteiger partial charge >= 0.3 is 0 Å². The number of aromatic nitrogens is 2. The van der Waals surface area contributed by atoms with Crippen molar-refractivity contribution in [1.29, 1.82) is 0 Å². The fraction of sp³-hybridized carbons (Fsp3) is 0.273. The van der Waals surface area contributed by atoms with E-state index in [9.17, 15) is 12.8 Å². The highest BCUT2D eigenvalue weighted by Crippen LogP contribution is 2.34. The summed E-state index contributed by atoms with van der Waals surface area (Å²) in [5, 5.41) is 0. The zero-order valence-electron chi connectivity index (χ0n) is 16.2. The summed E-state index contributed by atoms with van der Waals surface area (Å²) in [7, 11) is -3.99.